The van der Waals surface area contributed by atoms with E-state index in [-0.39, 0.29) is 25.6 Å². The Labute approximate surface area is 98.1 Å². The van der Waals surface area contributed by atoms with E-state index in [9.17, 15) is 18.0 Å². The first kappa shape index (κ1) is 12.7. The second-order valence-corrected chi connectivity index (χ2v) is 4.99. The summed E-state index contributed by atoms with van der Waals surface area (Å²) in [7, 11) is 0. The Balaban J connectivity index is 2.04. The van der Waals surface area contributed by atoms with Crippen molar-refractivity contribution in [2.75, 3.05) is 13.1 Å². The normalized spacial score (nSPS) is 36.9. The lowest BCUT2D eigenvalue weighted by Crippen LogP contribution is -2.52. The molecule has 1 saturated heterocycles. The van der Waals surface area contributed by atoms with Crippen molar-refractivity contribution in [3.8, 4) is 0 Å². The van der Waals surface area contributed by atoms with Crippen molar-refractivity contribution in [2.24, 2.45) is 11.3 Å². The van der Waals surface area contributed by atoms with Gasteiger partial charge in [0, 0.05) is 12.6 Å². The molecule has 1 heterocycles. The van der Waals surface area contributed by atoms with Crippen LogP contribution in [0.4, 0.5) is 13.2 Å². The summed E-state index contributed by atoms with van der Waals surface area (Å²) < 4.78 is 39.0. The first-order chi connectivity index (χ1) is 7.90. The molecule has 3 atom stereocenters. The molecule has 0 radical (unpaired) electrons. The zero-order valence-electron chi connectivity index (χ0n) is 9.73. The Hall–Kier alpha value is -0.780. The van der Waals surface area contributed by atoms with Crippen LogP contribution in [0.15, 0.2) is 0 Å². The number of amides is 1. The molecule has 1 aliphatic carbocycles. The summed E-state index contributed by atoms with van der Waals surface area (Å²) in [5.41, 5.74) is -2.21. The standard InChI is InChI=1S/C11H17F3N2O/c1-2-7-5-8(7)16-9(17)10(11(12,13)14)3-4-15-6-10/h7-8,15H,2-6H2,1H3,(H,16,17). The second kappa shape index (κ2) is 4.15. The van der Waals surface area contributed by atoms with Crippen molar-refractivity contribution >= 4 is 5.91 Å². The minimum Gasteiger partial charge on any atom is -0.352 e. The fraction of sp³-hybridized carbons (Fsp3) is 0.909. The van der Waals surface area contributed by atoms with Crippen molar-refractivity contribution in [1.29, 1.82) is 0 Å². The van der Waals surface area contributed by atoms with Crippen LogP contribution in [0.1, 0.15) is 26.2 Å². The monoisotopic (exact) mass is 250 g/mol. The quantitative estimate of drug-likeness (QED) is 0.796. The van der Waals surface area contributed by atoms with Gasteiger partial charge in [0.05, 0.1) is 0 Å². The van der Waals surface area contributed by atoms with E-state index >= 15 is 0 Å². The SMILES string of the molecule is CCC1CC1NC(=O)C1(C(F)(F)F)CCNC1. The number of hydrogen-bond donors (Lipinski definition) is 2. The predicted octanol–water partition coefficient (Wildman–Crippen LogP) is 1.44. The van der Waals surface area contributed by atoms with E-state index < -0.39 is 17.5 Å². The summed E-state index contributed by atoms with van der Waals surface area (Å²) in [6.07, 6.45) is -2.92. The maximum Gasteiger partial charge on any atom is 0.404 e. The molecule has 0 aromatic heterocycles. The van der Waals surface area contributed by atoms with E-state index in [1.165, 1.54) is 0 Å². The Bertz CT molecular complexity index is 310. The number of alkyl halides is 3. The Morgan fingerprint density at radius 3 is 2.65 bits per heavy atom. The van der Waals surface area contributed by atoms with Crippen molar-refractivity contribution in [1.82, 2.24) is 10.6 Å². The molecule has 1 amide bonds. The molecule has 6 heteroatoms. The molecule has 3 nitrogen and oxygen atoms in total. The Morgan fingerprint density at radius 2 is 2.24 bits per heavy atom. The van der Waals surface area contributed by atoms with Gasteiger partial charge in [0.2, 0.25) is 5.91 Å². The highest BCUT2D eigenvalue weighted by atomic mass is 19.4. The lowest BCUT2D eigenvalue weighted by Gasteiger charge is -2.29. The minimum absolute atomic E-state index is 0.0488. The minimum atomic E-state index is -4.48. The number of halogens is 3. The highest BCUT2D eigenvalue weighted by molar-refractivity contribution is 5.84. The molecular formula is C11H17F3N2O. The van der Waals surface area contributed by atoms with E-state index in [0.717, 1.165) is 12.8 Å². The number of carbonyl (C=O) groups excluding carboxylic acids is 1. The van der Waals surface area contributed by atoms with Gasteiger partial charge in [-0.2, -0.15) is 13.2 Å². The first-order valence-corrected chi connectivity index (χ1v) is 5.99. The third-order valence-corrected chi connectivity index (χ3v) is 3.90. The summed E-state index contributed by atoms with van der Waals surface area (Å²) in [5, 5.41) is 5.18. The molecule has 3 unspecified atom stereocenters. The lowest BCUT2D eigenvalue weighted by atomic mass is 9.85. The molecule has 2 aliphatic rings. The average molecular weight is 250 g/mol. The molecule has 98 valence electrons. The number of nitrogens with one attached hydrogen (secondary N) is 2. The average Bonchev–Trinajstić information content (AvgIpc) is 2.79. The number of hydrogen-bond acceptors (Lipinski definition) is 2. The molecule has 1 saturated carbocycles. The van der Waals surface area contributed by atoms with Gasteiger partial charge in [0.15, 0.2) is 5.41 Å². The summed E-state index contributed by atoms with van der Waals surface area (Å²) in [5.74, 6) is -0.491. The van der Waals surface area contributed by atoms with Crippen molar-refractivity contribution in [3.05, 3.63) is 0 Å². The van der Waals surface area contributed by atoms with Crippen molar-refractivity contribution in [3.63, 3.8) is 0 Å². The molecule has 2 rings (SSSR count). The number of rotatable bonds is 3. The third-order valence-electron chi connectivity index (χ3n) is 3.90. The zero-order chi connectivity index (χ0) is 12.7. The van der Waals surface area contributed by atoms with Crippen LogP contribution in [0.2, 0.25) is 0 Å². The van der Waals surface area contributed by atoms with Gasteiger partial charge in [-0.05, 0) is 25.3 Å². The van der Waals surface area contributed by atoms with Crippen molar-refractivity contribution < 1.29 is 18.0 Å². The molecule has 0 aromatic rings. The maximum absolute atomic E-state index is 13.0. The van der Waals surface area contributed by atoms with Gasteiger partial charge in [-0.25, -0.2) is 0 Å². The highest BCUT2D eigenvalue weighted by Crippen LogP contribution is 2.44. The van der Waals surface area contributed by atoms with E-state index in [0.29, 0.717) is 5.92 Å². The van der Waals surface area contributed by atoms with Gasteiger partial charge < -0.3 is 10.6 Å². The largest absolute Gasteiger partial charge is 0.404 e. The third kappa shape index (κ3) is 2.14. The van der Waals surface area contributed by atoms with E-state index in [4.69, 9.17) is 0 Å². The van der Waals surface area contributed by atoms with Gasteiger partial charge >= 0.3 is 6.18 Å². The van der Waals surface area contributed by atoms with E-state index in [1.807, 2.05) is 6.92 Å². The van der Waals surface area contributed by atoms with E-state index in [1.54, 1.807) is 0 Å². The molecule has 0 aromatic carbocycles. The summed E-state index contributed by atoms with van der Waals surface area (Å²) in [4.78, 5) is 11.9. The van der Waals surface area contributed by atoms with Crippen LogP contribution in [-0.4, -0.2) is 31.2 Å². The zero-order valence-corrected chi connectivity index (χ0v) is 9.73. The first-order valence-electron chi connectivity index (χ1n) is 5.99. The number of carbonyl (C=O) groups is 1. The highest BCUT2D eigenvalue weighted by Gasteiger charge is 2.62. The smallest absolute Gasteiger partial charge is 0.352 e. The molecule has 2 N–H and O–H groups in total. The van der Waals surface area contributed by atoms with Crippen LogP contribution < -0.4 is 10.6 Å². The Morgan fingerprint density at radius 1 is 1.53 bits per heavy atom. The van der Waals surface area contributed by atoms with Crippen LogP contribution >= 0.6 is 0 Å². The fourth-order valence-electron chi connectivity index (χ4n) is 2.44. The van der Waals surface area contributed by atoms with Gasteiger partial charge in [-0.3, -0.25) is 4.79 Å². The molecule has 0 spiro atoms. The van der Waals surface area contributed by atoms with Crippen LogP contribution in [0.5, 0.6) is 0 Å². The summed E-state index contributed by atoms with van der Waals surface area (Å²) >= 11 is 0. The van der Waals surface area contributed by atoms with Crippen molar-refractivity contribution in [2.45, 2.75) is 38.4 Å². The summed E-state index contributed by atoms with van der Waals surface area (Å²) in [6, 6.07) is -0.0488. The summed E-state index contributed by atoms with van der Waals surface area (Å²) in [6.45, 7) is 1.92. The van der Waals surface area contributed by atoms with Gasteiger partial charge in [-0.1, -0.05) is 13.3 Å². The molecular weight excluding hydrogens is 233 g/mol. The lowest BCUT2D eigenvalue weighted by molar-refractivity contribution is -0.216. The topological polar surface area (TPSA) is 41.1 Å². The molecule has 17 heavy (non-hydrogen) atoms. The van der Waals surface area contributed by atoms with Crippen LogP contribution in [0.25, 0.3) is 0 Å². The van der Waals surface area contributed by atoms with E-state index in [2.05, 4.69) is 10.6 Å². The van der Waals surface area contributed by atoms with Crippen LogP contribution in [0, 0.1) is 11.3 Å². The van der Waals surface area contributed by atoms with Gasteiger partial charge in [0.25, 0.3) is 0 Å². The fourth-order valence-corrected chi connectivity index (χ4v) is 2.44. The van der Waals surface area contributed by atoms with Gasteiger partial charge in [0.1, 0.15) is 0 Å². The van der Waals surface area contributed by atoms with Gasteiger partial charge in [-0.15, -0.1) is 0 Å². The van der Waals surface area contributed by atoms with Crippen LogP contribution in [-0.2, 0) is 4.79 Å². The molecule has 0 bridgehead atoms. The predicted molar refractivity (Wildman–Crippen MR) is 56.3 cm³/mol. The molecule has 2 fully saturated rings. The molecule has 1 aliphatic heterocycles. The second-order valence-electron chi connectivity index (χ2n) is 4.99. The Kier molecular flexibility index (Phi) is 3.10. The van der Waals surface area contributed by atoms with Crippen LogP contribution in [0.3, 0.4) is 0 Å². The maximum atomic E-state index is 13.0.